The van der Waals surface area contributed by atoms with Crippen molar-refractivity contribution in [1.29, 1.82) is 0 Å². The van der Waals surface area contributed by atoms with Crippen molar-refractivity contribution in [3.63, 3.8) is 0 Å². The van der Waals surface area contributed by atoms with E-state index in [1.165, 1.54) is 17.7 Å². The molecular weight excluding hydrogens is 415 g/mol. The van der Waals surface area contributed by atoms with Crippen molar-refractivity contribution in [1.82, 2.24) is 0 Å². The van der Waals surface area contributed by atoms with E-state index >= 15 is 0 Å². The van der Waals surface area contributed by atoms with Gasteiger partial charge in [-0.05, 0) is 67.5 Å². The van der Waals surface area contributed by atoms with E-state index in [4.69, 9.17) is 21.1 Å². The van der Waals surface area contributed by atoms with Crippen LogP contribution >= 0.6 is 11.6 Å². The Bertz CT molecular complexity index is 857. The Morgan fingerprint density at radius 3 is 2.43 bits per heavy atom. The molecule has 0 bridgehead atoms. The van der Waals surface area contributed by atoms with Crippen LogP contribution in [0.3, 0.4) is 0 Å². The summed E-state index contributed by atoms with van der Waals surface area (Å²) < 4.78 is 50.4. The minimum Gasteiger partial charge on any atom is -0.493 e. The molecule has 1 aliphatic heterocycles. The summed E-state index contributed by atoms with van der Waals surface area (Å²) >= 11 is 5.78. The lowest BCUT2D eigenvalue weighted by atomic mass is 9.89. The molecule has 3 rings (SSSR count). The van der Waals surface area contributed by atoms with Gasteiger partial charge in [0.15, 0.2) is 11.5 Å². The molecule has 0 radical (unpaired) electrons. The maximum absolute atomic E-state index is 13.2. The zero-order valence-corrected chi connectivity index (χ0v) is 18.0. The number of hydrogen-bond acceptors (Lipinski definition) is 3. The second kappa shape index (κ2) is 9.82. The number of nitrogens with zero attached hydrogens (tertiary/aromatic N) is 1. The van der Waals surface area contributed by atoms with Crippen molar-refractivity contribution in [3.05, 3.63) is 52.5 Å². The molecule has 3 nitrogen and oxygen atoms in total. The molecule has 0 saturated carbocycles. The van der Waals surface area contributed by atoms with Crippen LogP contribution in [0, 0.1) is 5.92 Å². The summed E-state index contributed by atoms with van der Waals surface area (Å²) in [5.74, 6) is 1.87. The van der Waals surface area contributed by atoms with Crippen molar-refractivity contribution in [3.8, 4) is 11.5 Å². The van der Waals surface area contributed by atoms with E-state index in [9.17, 15) is 13.2 Å². The van der Waals surface area contributed by atoms with Crippen LogP contribution in [-0.2, 0) is 12.6 Å². The standard InChI is InChI=1S/C23H27ClF3NO2/c1-29-21-9-6-17(14-22(21)30-2)13-16-5-3-4-11-28(12-10-16)18-7-8-20(24)19(15-18)23(25,26)27/h6-9,14-16H,3-5,10-13H2,1-2H3. The van der Waals surface area contributed by atoms with E-state index < -0.39 is 11.7 Å². The largest absolute Gasteiger partial charge is 0.493 e. The topological polar surface area (TPSA) is 21.7 Å². The number of anilines is 1. The smallest absolute Gasteiger partial charge is 0.417 e. The molecule has 0 N–H and O–H groups in total. The molecule has 0 amide bonds. The highest BCUT2D eigenvalue weighted by molar-refractivity contribution is 6.31. The molecule has 30 heavy (non-hydrogen) atoms. The molecule has 0 aliphatic carbocycles. The summed E-state index contributed by atoms with van der Waals surface area (Å²) in [7, 11) is 3.23. The third-order valence-corrected chi connectivity index (χ3v) is 6.02. The van der Waals surface area contributed by atoms with Gasteiger partial charge in [-0.25, -0.2) is 0 Å². The number of rotatable bonds is 5. The Morgan fingerprint density at radius 1 is 0.967 bits per heavy atom. The minimum atomic E-state index is -4.45. The van der Waals surface area contributed by atoms with Crippen molar-refractivity contribution in [2.45, 2.75) is 38.3 Å². The lowest BCUT2D eigenvalue weighted by Crippen LogP contribution is -2.30. The summed E-state index contributed by atoms with van der Waals surface area (Å²) in [6.45, 7) is 1.47. The Kier molecular flexibility index (Phi) is 7.40. The Hall–Kier alpha value is -2.08. The Morgan fingerprint density at radius 2 is 1.73 bits per heavy atom. The molecule has 0 aromatic heterocycles. The SMILES string of the molecule is COc1ccc(CC2CCCCN(c3ccc(Cl)c(C(F)(F)F)c3)CC2)cc1OC. The first-order valence-corrected chi connectivity index (χ1v) is 10.5. The van der Waals surface area contributed by atoms with Crippen molar-refractivity contribution in [2.75, 3.05) is 32.2 Å². The van der Waals surface area contributed by atoms with Gasteiger partial charge in [0.1, 0.15) is 0 Å². The van der Waals surface area contributed by atoms with Crippen LogP contribution in [0.4, 0.5) is 18.9 Å². The predicted octanol–water partition coefficient (Wildman–Crippen LogP) is 6.62. The lowest BCUT2D eigenvalue weighted by molar-refractivity contribution is -0.137. The van der Waals surface area contributed by atoms with Gasteiger partial charge in [0.2, 0.25) is 0 Å². The van der Waals surface area contributed by atoms with E-state index in [1.54, 1.807) is 20.3 Å². The van der Waals surface area contributed by atoms with Crippen LogP contribution in [0.1, 0.15) is 36.8 Å². The lowest BCUT2D eigenvalue weighted by Gasteiger charge is -2.31. The molecule has 0 spiro atoms. The molecule has 1 aliphatic rings. The van der Waals surface area contributed by atoms with Gasteiger partial charge in [-0.3, -0.25) is 0 Å². The first-order valence-electron chi connectivity index (χ1n) is 10.1. The van der Waals surface area contributed by atoms with Crippen LogP contribution in [0.5, 0.6) is 11.5 Å². The van der Waals surface area contributed by atoms with Crippen molar-refractivity contribution < 1.29 is 22.6 Å². The number of hydrogen-bond donors (Lipinski definition) is 0. The van der Waals surface area contributed by atoms with Gasteiger partial charge in [0, 0.05) is 18.8 Å². The fourth-order valence-corrected chi connectivity index (χ4v) is 4.29. The Balaban J connectivity index is 1.71. The molecule has 1 saturated heterocycles. The maximum atomic E-state index is 13.2. The average molecular weight is 442 g/mol. The quantitative estimate of drug-likeness (QED) is 0.520. The van der Waals surface area contributed by atoms with Crippen LogP contribution in [0.2, 0.25) is 5.02 Å². The molecule has 2 aromatic carbocycles. The molecule has 164 valence electrons. The molecule has 1 unspecified atom stereocenters. The van der Waals surface area contributed by atoms with Gasteiger partial charge in [-0.2, -0.15) is 13.2 Å². The van der Waals surface area contributed by atoms with Crippen molar-refractivity contribution >= 4 is 17.3 Å². The van der Waals surface area contributed by atoms with E-state index in [0.29, 0.717) is 23.1 Å². The second-order valence-corrected chi connectivity index (χ2v) is 8.10. The fraction of sp³-hybridized carbons (Fsp3) is 0.478. The number of methoxy groups -OCH3 is 2. The van der Waals surface area contributed by atoms with Crippen LogP contribution in [0.15, 0.2) is 36.4 Å². The molecule has 7 heteroatoms. The monoisotopic (exact) mass is 441 g/mol. The average Bonchev–Trinajstić information content (AvgIpc) is 2.70. The summed E-state index contributed by atoms with van der Waals surface area (Å²) in [5.41, 5.74) is 0.986. The summed E-state index contributed by atoms with van der Waals surface area (Å²) in [6.07, 6.45) is 0.476. The normalized spacial score (nSPS) is 17.9. The predicted molar refractivity (Wildman–Crippen MR) is 114 cm³/mol. The molecular formula is C23H27ClF3NO2. The number of alkyl halides is 3. The zero-order chi connectivity index (χ0) is 21.7. The first kappa shape index (κ1) is 22.6. The van der Waals surface area contributed by atoms with Gasteiger partial charge in [-0.1, -0.05) is 24.1 Å². The van der Waals surface area contributed by atoms with E-state index in [2.05, 4.69) is 0 Å². The minimum absolute atomic E-state index is 0.260. The van der Waals surface area contributed by atoms with E-state index in [0.717, 1.165) is 45.2 Å². The summed E-state index contributed by atoms with van der Waals surface area (Å²) in [4.78, 5) is 2.05. The van der Waals surface area contributed by atoms with Crippen LogP contribution in [-0.4, -0.2) is 27.3 Å². The number of ether oxygens (including phenoxy) is 2. The molecule has 1 atom stereocenters. The van der Waals surface area contributed by atoms with Gasteiger partial charge >= 0.3 is 6.18 Å². The molecule has 1 fully saturated rings. The summed E-state index contributed by atoms with van der Waals surface area (Å²) in [6, 6.07) is 10.2. The number of halogens is 4. The highest BCUT2D eigenvalue weighted by Crippen LogP contribution is 2.37. The summed E-state index contributed by atoms with van der Waals surface area (Å²) in [5, 5.41) is -0.260. The molecule has 1 heterocycles. The first-order chi connectivity index (χ1) is 14.3. The molecule has 2 aromatic rings. The number of benzene rings is 2. The zero-order valence-electron chi connectivity index (χ0n) is 17.3. The van der Waals surface area contributed by atoms with E-state index in [1.807, 2.05) is 23.1 Å². The van der Waals surface area contributed by atoms with Gasteiger partial charge in [0.05, 0.1) is 24.8 Å². The highest BCUT2D eigenvalue weighted by Gasteiger charge is 2.33. The third-order valence-electron chi connectivity index (χ3n) is 5.69. The van der Waals surface area contributed by atoms with Gasteiger partial charge in [-0.15, -0.1) is 0 Å². The van der Waals surface area contributed by atoms with Gasteiger partial charge in [0.25, 0.3) is 0 Å². The Labute approximate surface area is 180 Å². The van der Waals surface area contributed by atoms with Crippen molar-refractivity contribution in [2.24, 2.45) is 5.92 Å². The van der Waals surface area contributed by atoms with Crippen LogP contribution in [0.25, 0.3) is 0 Å². The third kappa shape index (κ3) is 5.54. The highest BCUT2D eigenvalue weighted by atomic mass is 35.5. The van der Waals surface area contributed by atoms with Gasteiger partial charge < -0.3 is 14.4 Å². The fourth-order valence-electron chi connectivity index (χ4n) is 4.06. The van der Waals surface area contributed by atoms with E-state index in [-0.39, 0.29) is 5.02 Å². The van der Waals surface area contributed by atoms with Crippen LogP contribution < -0.4 is 14.4 Å². The second-order valence-electron chi connectivity index (χ2n) is 7.69. The maximum Gasteiger partial charge on any atom is 0.417 e.